The zero-order valence-corrected chi connectivity index (χ0v) is 15.8. The number of carbonyl (C=O) groups excluding carboxylic acids is 1. The van der Waals surface area contributed by atoms with Crippen LogP contribution >= 0.6 is 11.6 Å². The second-order valence-electron chi connectivity index (χ2n) is 6.90. The second kappa shape index (κ2) is 7.53. The van der Waals surface area contributed by atoms with Gasteiger partial charge in [0.2, 0.25) is 0 Å². The molecular formula is C21H20ClN3O2. The Morgan fingerprint density at radius 1 is 1.15 bits per heavy atom. The van der Waals surface area contributed by atoms with Crippen LogP contribution in [0.4, 0.5) is 0 Å². The summed E-state index contributed by atoms with van der Waals surface area (Å²) in [6.07, 6.45) is 1.64. The molecule has 0 atom stereocenters. The lowest BCUT2D eigenvalue weighted by atomic mass is 9.95. The van der Waals surface area contributed by atoms with Gasteiger partial charge in [0.15, 0.2) is 5.82 Å². The molecule has 2 heterocycles. The van der Waals surface area contributed by atoms with Gasteiger partial charge in [0.05, 0.1) is 0 Å². The van der Waals surface area contributed by atoms with Gasteiger partial charge in [0.1, 0.15) is 0 Å². The Bertz CT molecular complexity index is 961. The summed E-state index contributed by atoms with van der Waals surface area (Å²) in [5.41, 5.74) is 2.71. The van der Waals surface area contributed by atoms with Crippen LogP contribution in [0.15, 0.2) is 53.1 Å². The molecule has 2 aromatic carbocycles. The van der Waals surface area contributed by atoms with Crippen LogP contribution in [0.2, 0.25) is 5.02 Å². The van der Waals surface area contributed by atoms with Crippen molar-refractivity contribution in [3.63, 3.8) is 0 Å². The smallest absolute Gasteiger partial charge is 0.257 e. The van der Waals surface area contributed by atoms with Crippen LogP contribution in [0, 0.1) is 6.92 Å². The third-order valence-corrected chi connectivity index (χ3v) is 5.16. The number of nitrogens with zero attached hydrogens (tertiary/aromatic N) is 3. The molecule has 0 bridgehead atoms. The van der Waals surface area contributed by atoms with Crippen LogP contribution in [-0.2, 0) is 0 Å². The number of likely N-dealkylation sites (tertiary alicyclic amines) is 1. The summed E-state index contributed by atoms with van der Waals surface area (Å²) in [7, 11) is 0. The summed E-state index contributed by atoms with van der Waals surface area (Å²) in [5.74, 6) is 1.49. The van der Waals surface area contributed by atoms with Crippen molar-refractivity contribution in [1.82, 2.24) is 15.0 Å². The second-order valence-corrected chi connectivity index (χ2v) is 7.34. The van der Waals surface area contributed by atoms with Gasteiger partial charge >= 0.3 is 0 Å². The molecule has 1 saturated heterocycles. The van der Waals surface area contributed by atoms with Gasteiger partial charge < -0.3 is 9.42 Å². The van der Waals surface area contributed by atoms with Gasteiger partial charge in [-0.15, -0.1) is 0 Å². The first-order valence-electron chi connectivity index (χ1n) is 9.05. The molecule has 1 aliphatic rings. The van der Waals surface area contributed by atoms with Crippen LogP contribution in [0.5, 0.6) is 0 Å². The van der Waals surface area contributed by atoms with Gasteiger partial charge in [0.25, 0.3) is 11.8 Å². The predicted octanol–water partition coefficient (Wildman–Crippen LogP) is 4.72. The van der Waals surface area contributed by atoms with Crippen molar-refractivity contribution < 1.29 is 9.32 Å². The van der Waals surface area contributed by atoms with E-state index in [2.05, 4.69) is 10.1 Å². The van der Waals surface area contributed by atoms with E-state index in [4.69, 9.17) is 16.1 Å². The van der Waals surface area contributed by atoms with Crippen LogP contribution in [0.3, 0.4) is 0 Å². The van der Waals surface area contributed by atoms with E-state index in [0.29, 0.717) is 29.6 Å². The molecule has 0 radical (unpaired) electrons. The molecule has 1 aliphatic heterocycles. The molecule has 0 N–H and O–H groups in total. The number of halogens is 1. The Morgan fingerprint density at radius 2 is 1.93 bits per heavy atom. The van der Waals surface area contributed by atoms with Gasteiger partial charge in [-0.25, -0.2) is 0 Å². The van der Waals surface area contributed by atoms with Crippen LogP contribution in [-0.4, -0.2) is 34.0 Å². The minimum absolute atomic E-state index is 0.0181. The molecule has 0 saturated carbocycles. The molecule has 138 valence electrons. The highest BCUT2D eigenvalue weighted by molar-refractivity contribution is 6.30. The first kappa shape index (κ1) is 17.7. The number of aryl methyl sites for hydroxylation is 1. The molecule has 6 heteroatoms. The molecule has 1 fully saturated rings. The topological polar surface area (TPSA) is 59.2 Å². The summed E-state index contributed by atoms with van der Waals surface area (Å²) < 4.78 is 5.46. The predicted molar refractivity (Wildman–Crippen MR) is 104 cm³/mol. The van der Waals surface area contributed by atoms with E-state index in [-0.39, 0.29) is 11.8 Å². The van der Waals surface area contributed by atoms with Crippen molar-refractivity contribution in [3.05, 3.63) is 70.5 Å². The Hall–Kier alpha value is -2.66. The van der Waals surface area contributed by atoms with Gasteiger partial charge in [-0.1, -0.05) is 40.5 Å². The average Bonchev–Trinajstić information content (AvgIpc) is 3.18. The maximum Gasteiger partial charge on any atom is 0.257 e. The molecule has 3 aromatic rings. The standard InChI is InChI=1S/C21H20ClN3O2/c1-14-4-2-5-16(12-14)20-23-19(24-27-20)15-8-10-25(11-9-15)21(26)17-6-3-7-18(22)13-17/h2-7,12-13,15H,8-11H2,1H3. The third kappa shape index (κ3) is 3.88. The molecule has 1 aromatic heterocycles. The largest absolute Gasteiger partial charge is 0.339 e. The van der Waals surface area contributed by atoms with Crippen LogP contribution in [0.1, 0.15) is 40.5 Å². The summed E-state index contributed by atoms with van der Waals surface area (Å²) in [6.45, 7) is 3.38. The number of amides is 1. The number of carbonyl (C=O) groups is 1. The number of piperidine rings is 1. The maximum atomic E-state index is 12.6. The normalized spacial score (nSPS) is 15.1. The van der Waals surface area contributed by atoms with Gasteiger partial charge in [-0.05, 0) is 50.1 Å². The summed E-state index contributed by atoms with van der Waals surface area (Å²) in [5, 5.41) is 4.75. The Labute approximate surface area is 163 Å². The van der Waals surface area contributed by atoms with E-state index in [1.54, 1.807) is 24.3 Å². The average molecular weight is 382 g/mol. The van der Waals surface area contributed by atoms with Gasteiger partial charge in [-0.3, -0.25) is 4.79 Å². The zero-order chi connectivity index (χ0) is 18.8. The minimum atomic E-state index is 0.0181. The molecule has 0 unspecified atom stereocenters. The molecular weight excluding hydrogens is 362 g/mol. The van der Waals surface area contributed by atoms with Crippen molar-refractivity contribution in [3.8, 4) is 11.5 Å². The van der Waals surface area contributed by atoms with E-state index in [0.717, 1.165) is 29.8 Å². The van der Waals surface area contributed by atoms with Crippen molar-refractivity contribution in [2.75, 3.05) is 13.1 Å². The third-order valence-electron chi connectivity index (χ3n) is 4.93. The SMILES string of the molecule is Cc1cccc(-c2nc(C3CCN(C(=O)c4cccc(Cl)c4)CC3)no2)c1. The Morgan fingerprint density at radius 3 is 2.67 bits per heavy atom. The highest BCUT2D eigenvalue weighted by Crippen LogP contribution is 2.29. The lowest BCUT2D eigenvalue weighted by molar-refractivity contribution is 0.0710. The van der Waals surface area contributed by atoms with E-state index in [1.165, 1.54) is 0 Å². The first-order valence-corrected chi connectivity index (χ1v) is 9.43. The van der Waals surface area contributed by atoms with E-state index in [9.17, 15) is 4.79 Å². The highest BCUT2D eigenvalue weighted by atomic mass is 35.5. The number of rotatable bonds is 3. The molecule has 0 spiro atoms. The van der Waals surface area contributed by atoms with Crippen LogP contribution < -0.4 is 0 Å². The van der Waals surface area contributed by atoms with E-state index in [1.807, 2.05) is 36.1 Å². The van der Waals surface area contributed by atoms with Crippen molar-refractivity contribution >= 4 is 17.5 Å². The monoisotopic (exact) mass is 381 g/mol. The molecule has 4 rings (SSSR count). The molecule has 5 nitrogen and oxygen atoms in total. The van der Waals surface area contributed by atoms with E-state index < -0.39 is 0 Å². The maximum absolute atomic E-state index is 12.6. The lowest BCUT2D eigenvalue weighted by Crippen LogP contribution is -2.38. The molecule has 1 amide bonds. The molecule has 0 aliphatic carbocycles. The minimum Gasteiger partial charge on any atom is -0.339 e. The summed E-state index contributed by atoms with van der Waals surface area (Å²) in [6, 6.07) is 15.1. The highest BCUT2D eigenvalue weighted by Gasteiger charge is 2.27. The van der Waals surface area contributed by atoms with Crippen LogP contribution in [0.25, 0.3) is 11.5 Å². The summed E-state index contributed by atoms with van der Waals surface area (Å²) >= 11 is 6.00. The fourth-order valence-electron chi connectivity index (χ4n) is 3.44. The first-order chi connectivity index (χ1) is 13.1. The van der Waals surface area contributed by atoms with E-state index >= 15 is 0 Å². The zero-order valence-electron chi connectivity index (χ0n) is 15.1. The van der Waals surface area contributed by atoms with Crippen molar-refractivity contribution in [1.29, 1.82) is 0 Å². The number of benzene rings is 2. The lowest BCUT2D eigenvalue weighted by Gasteiger charge is -2.30. The molecule has 27 heavy (non-hydrogen) atoms. The quantitative estimate of drug-likeness (QED) is 0.658. The van der Waals surface area contributed by atoms with Crippen molar-refractivity contribution in [2.45, 2.75) is 25.7 Å². The number of aromatic nitrogens is 2. The number of hydrogen-bond acceptors (Lipinski definition) is 4. The fourth-order valence-corrected chi connectivity index (χ4v) is 3.63. The Balaban J connectivity index is 1.42. The van der Waals surface area contributed by atoms with Crippen molar-refractivity contribution in [2.24, 2.45) is 0 Å². The fraction of sp³-hybridized carbons (Fsp3) is 0.286. The number of hydrogen-bond donors (Lipinski definition) is 0. The Kier molecular flexibility index (Phi) is 4.94. The van der Waals surface area contributed by atoms with Gasteiger partial charge in [0, 0.05) is 35.2 Å². The van der Waals surface area contributed by atoms with Gasteiger partial charge in [-0.2, -0.15) is 4.98 Å². The summed E-state index contributed by atoms with van der Waals surface area (Å²) in [4.78, 5) is 19.1.